The topological polar surface area (TPSA) is 51.2 Å². The zero-order valence-electron chi connectivity index (χ0n) is 13.6. The van der Waals surface area contributed by atoms with Gasteiger partial charge in [-0.2, -0.15) is 0 Å². The number of rotatable bonds is 3. The summed E-state index contributed by atoms with van der Waals surface area (Å²) in [5.41, 5.74) is 4.60. The van der Waals surface area contributed by atoms with Crippen LogP contribution in [0.2, 0.25) is 0 Å². The van der Waals surface area contributed by atoms with E-state index in [4.69, 9.17) is 4.74 Å². The molecule has 4 nitrogen and oxygen atoms in total. The fourth-order valence-corrected chi connectivity index (χ4v) is 3.13. The summed E-state index contributed by atoms with van der Waals surface area (Å²) in [6, 6.07) is 12.1. The Balaban J connectivity index is 2.05. The van der Waals surface area contributed by atoms with Gasteiger partial charge >= 0.3 is 5.97 Å². The lowest BCUT2D eigenvalue weighted by Crippen LogP contribution is -2.28. The number of aryl methyl sites for hydroxylation is 1. The van der Waals surface area contributed by atoms with Gasteiger partial charge in [-0.15, -0.1) is 0 Å². The molecule has 1 aliphatic heterocycles. The van der Waals surface area contributed by atoms with Crippen molar-refractivity contribution in [1.29, 1.82) is 0 Å². The first-order valence-electron chi connectivity index (χ1n) is 8.08. The van der Waals surface area contributed by atoms with Crippen molar-refractivity contribution in [3.05, 3.63) is 53.2 Å². The van der Waals surface area contributed by atoms with Gasteiger partial charge in [-0.3, -0.25) is 4.98 Å². The van der Waals surface area contributed by atoms with Crippen molar-refractivity contribution in [1.82, 2.24) is 10.3 Å². The van der Waals surface area contributed by atoms with Crippen molar-refractivity contribution in [2.24, 2.45) is 0 Å². The maximum absolute atomic E-state index is 12.1. The van der Waals surface area contributed by atoms with E-state index in [1.54, 1.807) is 0 Å². The van der Waals surface area contributed by atoms with Crippen LogP contribution in [-0.4, -0.2) is 24.6 Å². The van der Waals surface area contributed by atoms with Crippen LogP contribution >= 0.6 is 0 Å². The summed E-state index contributed by atoms with van der Waals surface area (Å²) in [6.07, 6.45) is 3.39. The number of carbonyl (C=O) groups excluding carboxylic acids is 1. The Labute approximate surface area is 136 Å². The third kappa shape index (κ3) is 3.42. The van der Waals surface area contributed by atoms with E-state index in [0.29, 0.717) is 5.56 Å². The van der Waals surface area contributed by atoms with E-state index in [-0.39, 0.29) is 12.0 Å². The molecule has 0 radical (unpaired) electrons. The van der Waals surface area contributed by atoms with Crippen molar-refractivity contribution >= 4 is 5.97 Å². The van der Waals surface area contributed by atoms with Crippen LogP contribution < -0.4 is 5.32 Å². The zero-order chi connectivity index (χ0) is 16.2. The third-order valence-corrected chi connectivity index (χ3v) is 4.33. The molecule has 4 heteroatoms. The van der Waals surface area contributed by atoms with Crippen molar-refractivity contribution in [3.63, 3.8) is 0 Å². The molecule has 2 aromatic rings. The highest BCUT2D eigenvalue weighted by atomic mass is 16.5. The fraction of sp³-hybridized carbons (Fsp3) is 0.368. The van der Waals surface area contributed by atoms with Gasteiger partial charge in [-0.25, -0.2) is 4.79 Å². The third-order valence-electron chi connectivity index (χ3n) is 4.33. The Morgan fingerprint density at radius 1 is 1.26 bits per heavy atom. The SMILES string of the molecule is COC(=O)c1ccc(-c2cccc(C)n2)cc1C1CCCCN1. The van der Waals surface area contributed by atoms with E-state index >= 15 is 0 Å². The van der Waals surface area contributed by atoms with Gasteiger partial charge in [0.15, 0.2) is 0 Å². The van der Waals surface area contributed by atoms with E-state index in [2.05, 4.69) is 16.4 Å². The van der Waals surface area contributed by atoms with Crippen LogP contribution in [0.3, 0.4) is 0 Å². The minimum Gasteiger partial charge on any atom is -0.465 e. The Hall–Kier alpha value is -2.20. The predicted molar refractivity (Wildman–Crippen MR) is 90.3 cm³/mol. The molecule has 0 saturated carbocycles. The summed E-state index contributed by atoms with van der Waals surface area (Å²) in [4.78, 5) is 16.7. The van der Waals surface area contributed by atoms with Crippen LogP contribution in [0.15, 0.2) is 36.4 Å². The largest absolute Gasteiger partial charge is 0.465 e. The van der Waals surface area contributed by atoms with Gasteiger partial charge in [0.25, 0.3) is 0 Å². The molecule has 2 heterocycles. The standard InChI is InChI=1S/C19H22N2O2/c1-13-6-5-8-17(21-13)14-9-10-15(19(22)23-2)16(12-14)18-7-3-4-11-20-18/h5-6,8-10,12,18,20H,3-4,7,11H2,1-2H3. The number of carbonyl (C=O) groups is 1. The summed E-state index contributed by atoms with van der Waals surface area (Å²) in [5, 5.41) is 3.52. The molecular formula is C19H22N2O2. The van der Waals surface area contributed by atoms with Gasteiger partial charge in [0.1, 0.15) is 0 Å². The Kier molecular flexibility index (Phi) is 4.72. The highest BCUT2D eigenvalue weighted by Crippen LogP contribution is 2.30. The molecule has 1 aromatic heterocycles. The molecule has 1 N–H and O–H groups in total. The number of piperidine rings is 1. The van der Waals surface area contributed by atoms with E-state index in [1.807, 2.05) is 37.3 Å². The molecule has 1 saturated heterocycles. The molecule has 0 bridgehead atoms. The van der Waals surface area contributed by atoms with Crippen LogP contribution in [0.25, 0.3) is 11.3 Å². The molecule has 120 valence electrons. The van der Waals surface area contributed by atoms with E-state index in [1.165, 1.54) is 20.0 Å². The van der Waals surface area contributed by atoms with Crippen molar-refractivity contribution in [2.75, 3.05) is 13.7 Å². The molecule has 0 amide bonds. The second-order valence-electron chi connectivity index (χ2n) is 5.96. The number of pyridine rings is 1. The monoisotopic (exact) mass is 310 g/mol. The Morgan fingerprint density at radius 2 is 2.13 bits per heavy atom. The van der Waals surface area contributed by atoms with Gasteiger partial charge in [-0.05, 0) is 56.1 Å². The number of esters is 1. The minimum absolute atomic E-state index is 0.197. The number of benzene rings is 1. The van der Waals surface area contributed by atoms with Crippen LogP contribution in [0.4, 0.5) is 0 Å². The highest BCUT2D eigenvalue weighted by molar-refractivity contribution is 5.92. The van der Waals surface area contributed by atoms with Gasteiger partial charge in [-0.1, -0.05) is 18.6 Å². The number of aromatic nitrogens is 1. The van der Waals surface area contributed by atoms with Crippen molar-refractivity contribution < 1.29 is 9.53 Å². The number of methoxy groups -OCH3 is 1. The summed E-state index contributed by atoms with van der Waals surface area (Å²) in [6.45, 7) is 2.97. The van der Waals surface area contributed by atoms with E-state index < -0.39 is 0 Å². The molecule has 1 aromatic carbocycles. The lowest BCUT2D eigenvalue weighted by molar-refractivity contribution is 0.0598. The normalized spacial score (nSPS) is 17.7. The first-order valence-corrected chi connectivity index (χ1v) is 8.08. The quantitative estimate of drug-likeness (QED) is 0.879. The summed E-state index contributed by atoms with van der Waals surface area (Å²) in [7, 11) is 1.43. The van der Waals surface area contributed by atoms with Gasteiger partial charge in [0, 0.05) is 17.3 Å². The molecule has 1 aliphatic rings. The molecular weight excluding hydrogens is 288 g/mol. The van der Waals surface area contributed by atoms with Crippen LogP contribution in [-0.2, 0) is 4.74 Å². The average molecular weight is 310 g/mol. The Bertz CT molecular complexity index is 706. The fourth-order valence-electron chi connectivity index (χ4n) is 3.13. The van der Waals surface area contributed by atoms with Gasteiger partial charge < -0.3 is 10.1 Å². The molecule has 3 rings (SSSR count). The van der Waals surface area contributed by atoms with Crippen molar-refractivity contribution in [3.8, 4) is 11.3 Å². The Morgan fingerprint density at radius 3 is 2.83 bits per heavy atom. The zero-order valence-corrected chi connectivity index (χ0v) is 13.6. The summed E-state index contributed by atoms with van der Waals surface area (Å²) < 4.78 is 4.95. The predicted octanol–water partition coefficient (Wildman–Crippen LogP) is 3.66. The number of hydrogen-bond donors (Lipinski definition) is 1. The first kappa shape index (κ1) is 15.7. The van der Waals surface area contributed by atoms with Crippen LogP contribution in [0.5, 0.6) is 0 Å². The number of nitrogens with zero attached hydrogens (tertiary/aromatic N) is 1. The van der Waals surface area contributed by atoms with E-state index in [0.717, 1.165) is 35.5 Å². The van der Waals surface area contributed by atoms with E-state index in [9.17, 15) is 4.79 Å². The molecule has 0 spiro atoms. The first-order chi connectivity index (χ1) is 11.2. The van der Waals surface area contributed by atoms with Crippen molar-refractivity contribution in [2.45, 2.75) is 32.2 Å². The lowest BCUT2D eigenvalue weighted by Gasteiger charge is -2.26. The second-order valence-corrected chi connectivity index (χ2v) is 5.96. The van der Waals surface area contributed by atoms with Crippen LogP contribution in [0.1, 0.15) is 46.9 Å². The number of nitrogens with one attached hydrogen (secondary N) is 1. The average Bonchev–Trinajstić information content (AvgIpc) is 2.61. The molecule has 23 heavy (non-hydrogen) atoms. The molecule has 0 aliphatic carbocycles. The second kappa shape index (κ2) is 6.92. The molecule has 1 atom stereocenters. The molecule has 1 fully saturated rings. The highest BCUT2D eigenvalue weighted by Gasteiger charge is 2.22. The number of hydrogen-bond acceptors (Lipinski definition) is 4. The van der Waals surface area contributed by atoms with Gasteiger partial charge in [0.05, 0.1) is 18.4 Å². The summed E-state index contributed by atoms with van der Waals surface area (Å²) >= 11 is 0. The number of ether oxygens (including phenoxy) is 1. The minimum atomic E-state index is -0.281. The lowest BCUT2D eigenvalue weighted by atomic mass is 9.91. The molecule has 1 unspecified atom stereocenters. The maximum Gasteiger partial charge on any atom is 0.338 e. The smallest absolute Gasteiger partial charge is 0.338 e. The summed E-state index contributed by atoms with van der Waals surface area (Å²) in [5.74, 6) is -0.281. The van der Waals surface area contributed by atoms with Crippen LogP contribution in [0, 0.1) is 6.92 Å². The van der Waals surface area contributed by atoms with Gasteiger partial charge in [0.2, 0.25) is 0 Å². The maximum atomic E-state index is 12.1.